The van der Waals surface area contributed by atoms with Crippen LogP contribution in [0.15, 0.2) is 71.1 Å². The molecule has 0 radical (unpaired) electrons. The maximum atomic E-state index is 11.1. The fourth-order valence-corrected chi connectivity index (χ4v) is 2.85. The smallest absolute Gasteiger partial charge is 0.248 e. The van der Waals surface area contributed by atoms with Crippen LogP contribution in [0.25, 0.3) is 34.7 Å². The van der Waals surface area contributed by atoms with Gasteiger partial charge in [-0.05, 0) is 60.0 Å². The molecule has 27 heavy (non-hydrogen) atoms. The van der Waals surface area contributed by atoms with E-state index in [2.05, 4.69) is 4.98 Å². The Hall–Kier alpha value is -3.66. The zero-order chi connectivity index (χ0) is 18.8. The predicted molar refractivity (Wildman–Crippen MR) is 108 cm³/mol. The van der Waals surface area contributed by atoms with Gasteiger partial charge in [0.05, 0.1) is 0 Å². The van der Waals surface area contributed by atoms with Crippen molar-refractivity contribution in [3.8, 4) is 11.5 Å². The van der Waals surface area contributed by atoms with Gasteiger partial charge < -0.3 is 10.2 Å². The Morgan fingerprint density at radius 3 is 2.19 bits per heavy atom. The number of fused-ring (bicyclic) bond motifs is 1. The van der Waals surface area contributed by atoms with Crippen molar-refractivity contribution in [2.24, 2.45) is 5.73 Å². The van der Waals surface area contributed by atoms with Crippen LogP contribution in [-0.2, 0) is 0 Å². The Morgan fingerprint density at radius 2 is 1.56 bits per heavy atom. The summed E-state index contributed by atoms with van der Waals surface area (Å²) in [5.74, 6) is 0.198. The van der Waals surface area contributed by atoms with Crippen molar-refractivity contribution in [1.82, 2.24) is 4.98 Å². The van der Waals surface area contributed by atoms with Crippen molar-refractivity contribution in [3.63, 3.8) is 0 Å². The zero-order valence-electron chi connectivity index (χ0n) is 14.8. The van der Waals surface area contributed by atoms with Crippen LogP contribution < -0.4 is 5.73 Å². The van der Waals surface area contributed by atoms with Gasteiger partial charge in [-0.15, -0.1) is 0 Å². The molecule has 0 bridgehead atoms. The standard InChI is InChI=1S/C23H18N2O2/c1-15-2-13-21-20(14-15)25-23(27-21)19-11-7-17(8-12-19)4-3-16-5-9-18(10-6-16)22(24)26/h2-14H,1H3,(H2,24,26). The second-order valence-electron chi connectivity index (χ2n) is 6.43. The molecule has 4 heteroatoms. The first-order valence-corrected chi connectivity index (χ1v) is 8.64. The third kappa shape index (κ3) is 3.65. The molecule has 0 saturated carbocycles. The van der Waals surface area contributed by atoms with Crippen LogP contribution in [0.1, 0.15) is 27.0 Å². The number of carbonyl (C=O) groups is 1. The van der Waals surface area contributed by atoms with E-state index in [0.717, 1.165) is 33.4 Å². The molecule has 1 aromatic heterocycles. The zero-order valence-corrected chi connectivity index (χ0v) is 14.8. The lowest BCUT2D eigenvalue weighted by molar-refractivity contribution is 0.100. The number of nitrogens with two attached hydrogens (primary N) is 1. The van der Waals surface area contributed by atoms with Gasteiger partial charge in [0.1, 0.15) is 5.52 Å². The molecule has 0 aliphatic carbocycles. The molecule has 3 aromatic carbocycles. The summed E-state index contributed by atoms with van der Waals surface area (Å²) in [5, 5.41) is 0. The molecule has 1 heterocycles. The Bertz CT molecular complexity index is 1140. The number of hydrogen-bond acceptors (Lipinski definition) is 3. The minimum Gasteiger partial charge on any atom is -0.436 e. The molecule has 0 fully saturated rings. The number of oxazole rings is 1. The first kappa shape index (κ1) is 16.8. The molecule has 4 aromatic rings. The van der Waals surface area contributed by atoms with Crippen molar-refractivity contribution in [2.75, 3.05) is 0 Å². The largest absolute Gasteiger partial charge is 0.436 e. The summed E-state index contributed by atoms with van der Waals surface area (Å²) in [7, 11) is 0. The molecule has 0 spiro atoms. The van der Waals surface area contributed by atoms with Crippen LogP contribution in [0.4, 0.5) is 0 Å². The van der Waals surface area contributed by atoms with E-state index in [1.165, 1.54) is 0 Å². The highest BCUT2D eigenvalue weighted by atomic mass is 16.3. The van der Waals surface area contributed by atoms with E-state index in [9.17, 15) is 4.79 Å². The molecule has 0 atom stereocenters. The van der Waals surface area contributed by atoms with Gasteiger partial charge >= 0.3 is 0 Å². The highest BCUT2D eigenvalue weighted by Gasteiger charge is 2.08. The number of amides is 1. The lowest BCUT2D eigenvalue weighted by atomic mass is 10.1. The summed E-state index contributed by atoms with van der Waals surface area (Å²) in [6.07, 6.45) is 4.00. The normalized spacial score (nSPS) is 11.3. The second-order valence-corrected chi connectivity index (χ2v) is 6.43. The van der Waals surface area contributed by atoms with Crippen molar-refractivity contribution < 1.29 is 9.21 Å². The molecule has 2 N–H and O–H groups in total. The van der Waals surface area contributed by atoms with Gasteiger partial charge in [-0.1, -0.05) is 42.5 Å². The lowest BCUT2D eigenvalue weighted by Gasteiger charge is -1.99. The Labute approximate surface area is 157 Å². The van der Waals surface area contributed by atoms with Gasteiger partial charge in [0.25, 0.3) is 0 Å². The molecule has 1 amide bonds. The van der Waals surface area contributed by atoms with Crippen LogP contribution in [0.5, 0.6) is 0 Å². The van der Waals surface area contributed by atoms with E-state index in [1.54, 1.807) is 12.1 Å². The Balaban J connectivity index is 1.53. The summed E-state index contributed by atoms with van der Waals surface area (Å²) in [5.41, 5.74) is 11.6. The third-order valence-electron chi connectivity index (χ3n) is 4.36. The number of rotatable bonds is 4. The van der Waals surface area contributed by atoms with Crippen LogP contribution in [0.3, 0.4) is 0 Å². The highest BCUT2D eigenvalue weighted by Crippen LogP contribution is 2.25. The van der Waals surface area contributed by atoms with Gasteiger partial charge in [-0.3, -0.25) is 4.79 Å². The third-order valence-corrected chi connectivity index (χ3v) is 4.36. The fraction of sp³-hybridized carbons (Fsp3) is 0.0435. The summed E-state index contributed by atoms with van der Waals surface area (Å²) in [4.78, 5) is 15.7. The Morgan fingerprint density at radius 1 is 0.926 bits per heavy atom. The maximum absolute atomic E-state index is 11.1. The van der Waals surface area contributed by atoms with E-state index in [-0.39, 0.29) is 0 Å². The number of benzene rings is 3. The van der Waals surface area contributed by atoms with E-state index >= 15 is 0 Å². The van der Waals surface area contributed by atoms with Gasteiger partial charge in [0.2, 0.25) is 11.8 Å². The van der Waals surface area contributed by atoms with Crippen molar-refractivity contribution in [1.29, 1.82) is 0 Å². The van der Waals surface area contributed by atoms with E-state index < -0.39 is 5.91 Å². The van der Waals surface area contributed by atoms with Crippen molar-refractivity contribution >= 4 is 29.2 Å². The second kappa shape index (κ2) is 6.92. The molecular formula is C23H18N2O2. The first-order valence-electron chi connectivity index (χ1n) is 8.64. The Kier molecular flexibility index (Phi) is 4.30. The van der Waals surface area contributed by atoms with Crippen molar-refractivity contribution in [2.45, 2.75) is 6.92 Å². The summed E-state index contributed by atoms with van der Waals surface area (Å²) in [6, 6.07) is 21.2. The first-order chi connectivity index (χ1) is 13.1. The monoisotopic (exact) mass is 354 g/mol. The quantitative estimate of drug-likeness (QED) is 0.520. The van der Waals surface area contributed by atoms with E-state index in [4.69, 9.17) is 10.2 Å². The maximum Gasteiger partial charge on any atom is 0.248 e. The number of carbonyl (C=O) groups excluding carboxylic acids is 1. The van der Waals surface area contributed by atoms with Crippen LogP contribution in [0.2, 0.25) is 0 Å². The van der Waals surface area contributed by atoms with E-state index in [1.807, 2.05) is 73.7 Å². The van der Waals surface area contributed by atoms with Gasteiger partial charge in [0, 0.05) is 11.1 Å². The average molecular weight is 354 g/mol. The molecule has 0 unspecified atom stereocenters. The summed E-state index contributed by atoms with van der Waals surface area (Å²) < 4.78 is 5.84. The SMILES string of the molecule is Cc1ccc2oc(-c3ccc(C=Cc4ccc(C(N)=O)cc4)cc3)nc2c1. The molecule has 0 aliphatic rings. The van der Waals surface area contributed by atoms with Gasteiger partial charge in [-0.2, -0.15) is 0 Å². The molecule has 0 aliphatic heterocycles. The lowest BCUT2D eigenvalue weighted by Crippen LogP contribution is -2.10. The van der Waals surface area contributed by atoms with E-state index in [0.29, 0.717) is 11.5 Å². The molecule has 132 valence electrons. The molecule has 4 nitrogen and oxygen atoms in total. The molecule has 0 saturated heterocycles. The fourth-order valence-electron chi connectivity index (χ4n) is 2.85. The minimum absolute atomic E-state index is 0.421. The van der Waals surface area contributed by atoms with Gasteiger partial charge in [0.15, 0.2) is 5.58 Å². The molecule has 4 rings (SSSR count). The number of hydrogen-bond donors (Lipinski definition) is 1. The highest BCUT2D eigenvalue weighted by molar-refractivity contribution is 5.93. The van der Waals surface area contributed by atoms with Crippen molar-refractivity contribution in [3.05, 3.63) is 89.0 Å². The number of nitrogens with zero attached hydrogens (tertiary/aromatic N) is 1. The number of aromatic nitrogens is 1. The van der Waals surface area contributed by atoms with Crippen LogP contribution in [0, 0.1) is 6.92 Å². The van der Waals surface area contributed by atoms with Gasteiger partial charge in [-0.25, -0.2) is 4.98 Å². The molecular weight excluding hydrogens is 336 g/mol. The minimum atomic E-state index is -0.421. The summed E-state index contributed by atoms with van der Waals surface area (Å²) in [6.45, 7) is 2.04. The predicted octanol–water partition coefficient (Wildman–Crippen LogP) is 5.07. The topological polar surface area (TPSA) is 69.1 Å². The average Bonchev–Trinajstić information content (AvgIpc) is 3.10. The number of aryl methyl sites for hydroxylation is 1. The van der Waals surface area contributed by atoms with Crippen LogP contribution in [-0.4, -0.2) is 10.9 Å². The van der Waals surface area contributed by atoms with Crippen LogP contribution >= 0.6 is 0 Å². The summed E-state index contributed by atoms with van der Waals surface area (Å²) >= 11 is 0. The number of primary amides is 1.